The summed E-state index contributed by atoms with van der Waals surface area (Å²) in [5, 5.41) is 0. The van der Waals surface area contributed by atoms with Gasteiger partial charge in [0.1, 0.15) is 6.10 Å². The molecule has 0 radical (unpaired) electrons. The van der Waals surface area contributed by atoms with Crippen LogP contribution in [0.3, 0.4) is 0 Å². The number of nitrogens with two attached hydrogens (primary N) is 1. The van der Waals surface area contributed by atoms with Crippen molar-refractivity contribution in [3.8, 4) is 0 Å². The first-order valence-corrected chi connectivity index (χ1v) is 26.0. The lowest BCUT2D eigenvalue weighted by Crippen LogP contribution is -2.28. The molecule has 3 N–H and O–H groups in total. The van der Waals surface area contributed by atoms with Crippen LogP contribution >= 0.6 is 7.82 Å². The summed E-state index contributed by atoms with van der Waals surface area (Å²) in [5.41, 5.74) is 5.38. The van der Waals surface area contributed by atoms with Crippen LogP contribution < -0.4 is 5.73 Å². The molecule has 0 rings (SSSR count). The molecule has 0 aliphatic carbocycles. The molecule has 342 valence electrons. The Morgan fingerprint density at radius 3 is 1.45 bits per heavy atom. The standard InChI is InChI=1S/C49H94NO7P/c1-3-5-7-9-11-13-15-17-19-20-21-22-23-24-25-26-27-28-29-30-32-34-36-38-40-42-49(51)57-48(47-56-58(52,53)55-45-43-50)46-54-44-41-39-37-35-33-31-18-16-14-12-10-8-6-4-2/h6,8,12,14,18,31,48H,3-5,7,9-11,13,15-17,19-30,32-47,50H2,1-2H3,(H,52,53)/b8-6-,14-12-,31-18-. The van der Waals surface area contributed by atoms with Gasteiger partial charge in [0.15, 0.2) is 0 Å². The van der Waals surface area contributed by atoms with Gasteiger partial charge in [0.25, 0.3) is 0 Å². The third-order valence-corrected chi connectivity index (χ3v) is 11.6. The Morgan fingerprint density at radius 1 is 0.534 bits per heavy atom. The highest BCUT2D eigenvalue weighted by Gasteiger charge is 2.25. The zero-order valence-electron chi connectivity index (χ0n) is 38.0. The van der Waals surface area contributed by atoms with E-state index in [1.165, 1.54) is 141 Å². The van der Waals surface area contributed by atoms with Crippen molar-refractivity contribution in [2.45, 2.75) is 238 Å². The number of carbonyl (C=O) groups is 1. The van der Waals surface area contributed by atoms with Crippen LogP contribution in [0.1, 0.15) is 232 Å². The van der Waals surface area contributed by atoms with E-state index in [-0.39, 0.29) is 32.3 Å². The maximum Gasteiger partial charge on any atom is 0.472 e. The maximum atomic E-state index is 12.6. The second-order valence-electron chi connectivity index (χ2n) is 16.3. The minimum atomic E-state index is -4.28. The second kappa shape index (κ2) is 46.8. The fourth-order valence-electron chi connectivity index (χ4n) is 7.01. The van der Waals surface area contributed by atoms with Gasteiger partial charge in [-0.3, -0.25) is 13.8 Å². The maximum absolute atomic E-state index is 12.6. The molecule has 0 fully saturated rings. The molecule has 0 aromatic rings. The SMILES string of the molecule is CC/C=C\C/C=C\C/C=C\CCCCCCOCC(COP(=O)(O)OCCN)OC(=O)CCCCCCCCCCCCCCCCCCCCCCCCCCC. The smallest absolute Gasteiger partial charge is 0.457 e. The number of esters is 1. The van der Waals surface area contributed by atoms with Crippen LogP contribution in [0.2, 0.25) is 0 Å². The van der Waals surface area contributed by atoms with E-state index in [4.69, 9.17) is 24.3 Å². The van der Waals surface area contributed by atoms with E-state index in [9.17, 15) is 14.3 Å². The topological polar surface area (TPSA) is 117 Å². The number of carbonyl (C=O) groups excluding carboxylic acids is 1. The lowest BCUT2D eigenvalue weighted by molar-refractivity contribution is -0.154. The molecule has 58 heavy (non-hydrogen) atoms. The van der Waals surface area contributed by atoms with Gasteiger partial charge >= 0.3 is 13.8 Å². The van der Waals surface area contributed by atoms with E-state index in [2.05, 4.69) is 50.3 Å². The van der Waals surface area contributed by atoms with Crippen LogP contribution in [0.5, 0.6) is 0 Å². The number of rotatable bonds is 47. The Kier molecular flexibility index (Phi) is 45.7. The molecule has 2 unspecified atom stereocenters. The van der Waals surface area contributed by atoms with Crippen molar-refractivity contribution in [1.29, 1.82) is 0 Å². The van der Waals surface area contributed by atoms with E-state index in [0.29, 0.717) is 13.0 Å². The zero-order valence-corrected chi connectivity index (χ0v) is 38.9. The number of phosphoric ester groups is 1. The van der Waals surface area contributed by atoms with Gasteiger partial charge < -0.3 is 20.1 Å². The van der Waals surface area contributed by atoms with Crippen molar-refractivity contribution in [3.05, 3.63) is 36.5 Å². The van der Waals surface area contributed by atoms with Crippen molar-refractivity contribution in [2.75, 3.05) is 33.0 Å². The number of phosphoric acid groups is 1. The van der Waals surface area contributed by atoms with E-state index in [0.717, 1.165) is 70.6 Å². The Balaban J connectivity index is 3.89. The summed E-state index contributed by atoms with van der Waals surface area (Å²) >= 11 is 0. The third-order valence-electron chi connectivity index (χ3n) is 10.6. The summed E-state index contributed by atoms with van der Waals surface area (Å²) in [6.07, 6.45) is 54.7. The first-order valence-electron chi connectivity index (χ1n) is 24.5. The summed E-state index contributed by atoms with van der Waals surface area (Å²) in [6.45, 7) is 4.79. The number of unbranched alkanes of at least 4 members (excludes halogenated alkanes) is 28. The summed E-state index contributed by atoms with van der Waals surface area (Å²) in [7, 11) is -4.28. The van der Waals surface area contributed by atoms with Crippen molar-refractivity contribution in [1.82, 2.24) is 0 Å². The lowest BCUT2D eigenvalue weighted by atomic mass is 10.0. The molecule has 0 bridgehead atoms. The number of allylic oxidation sites excluding steroid dienone is 6. The van der Waals surface area contributed by atoms with Gasteiger partial charge in [-0.25, -0.2) is 4.57 Å². The van der Waals surface area contributed by atoms with Gasteiger partial charge in [-0.1, -0.05) is 217 Å². The predicted octanol–water partition coefficient (Wildman–Crippen LogP) is 15.0. The van der Waals surface area contributed by atoms with Crippen LogP contribution in [0.25, 0.3) is 0 Å². The van der Waals surface area contributed by atoms with Gasteiger partial charge in [0, 0.05) is 19.6 Å². The molecule has 0 aromatic carbocycles. The Labute approximate surface area is 358 Å². The van der Waals surface area contributed by atoms with Crippen LogP contribution in [-0.2, 0) is 27.9 Å². The fourth-order valence-corrected chi connectivity index (χ4v) is 7.78. The Hall–Kier alpha value is -1.28. The summed E-state index contributed by atoms with van der Waals surface area (Å²) < 4.78 is 33.5. The molecule has 2 atom stereocenters. The molecule has 8 nitrogen and oxygen atoms in total. The van der Waals surface area contributed by atoms with Crippen LogP contribution in [0, 0.1) is 0 Å². The normalized spacial score (nSPS) is 13.7. The van der Waals surface area contributed by atoms with Crippen LogP contribution in [-0.4, -0.2) is 49.9 Å². The number of ether oxygens (including phenoxy) is 2. The molecule has 9 heteroatoms. The Morgan fingerprint density at radius 2 is 0.966 bits per heavy atom. The Bertz CT molecular complexity index is 988. The second-order valence-corrected chi connectivity index (χ2v) is 17.8. The quantitative estimate of drug-likeness (QED) is 0.0269. The van der Waals surface area contributed by atoms with Crippen LogP contribution in [0.4, 0.5) is 0 Å². The minimum Gasteiger partial charge on any atom is -0.457 e. The zero-order chi connectivity index (χ0) is 42.3. The van der Waals surface area contributed by atoms with Gasteiger partial charge in [-0.15, -0.1) is 0 Å². The minimum absolute atomic E-state index is 0.0971. The van der Waals surface area contributed by atoms with Crippen molar-refractivity contribution >= 4 is 13.8 Å². The molecule has 0 spiro atoms. The molecular formula is C49H94NO7P. The van der Waals surface area contributed by atoms with Crippen molar-refractivity contribution < 1.29 is 32.8 Å². The third kappa shape index (κ3) is 45.8. The highest BCUT2D eigenvalue weighted by atomic mass is 31.2. The monoisotopic (exact) mass is 840 g/mol. The highest BCUT2D eigenvalue weighted by molar-refractivity contribution is 7.47. The van der Waals surface area contributed by atoms with Gasteiger partial charge in [-0.2, -0.15) is 0 Å². The molecule has 0 aliphatic rings. The molecule has 0 heterocycles. The summed E-state index contributed by atoms with van der Waals surface area (Å²) in [6, 6.07) is 0. The lowest BCUT2D eigenvalue weighted by Gasteiger charge is -2.20. The van der Waals surface area contributed by atoms with Crippen LogP contribution in [0.15, 0.2) is 36.5 Å². The summed E-state index contributed by atoms with van der Waals surface area (Å²) in [5.74, 6) is -0.334. The van der Waals surface area contributed by atoms with Crippen molar-refractivity contribution in [2.24, 2.45) is 5.73 Å². The average Bonchev–Trinajstić information content (AvgIpc) is 3.21. The largest absolute Gasteiger partial charge is 0.472 e. The van der Waals surface area contributed by atoms with E-state index in [1.54, 1.807) is 0 Å². The first-order chi connectivity index (χ1) is 28.4. The number of hydrogen-bond acceptors (Lipinski definition) is 7. The molecule has 0 aliphatic heterocycles. The van der Waals surface area contributed by atoms with Gasteiger partial charge in [0.2, 0.25) is 0 Å². The number of hydrogen-bond donors (Lipinski definition) is 2. The van der Waals surface area contributed by atoms with Crippen molar-refractivity contribution in [3.63, 3.8) is 0 Å². The van der Waals surface area contributed by atoms with E-state index < -0.39 is 13.9 Å². The molecule has 0 saturated heterocycles. The highest BCUT2D eigenvalue weighted by Crippen LogP contribution is 2.43. The molecule has 0 saturated carbocycles. The average molecular weight is 840 g/mol. The van der Waals surface area contributed by atoms with E-state index >= 15 is 0 Å². The fraction of sp³-hybridized carbons (Fsp3) is 0.857. The first kappa shape index (κ1) is 56.7. The summed E-state index contributed by atoms with van der Waals surface area (Å²) in [4.78, 5) is 22.5. The van der Waals surface area contributed by atoms with Gasteiger partial charge in [-0.05, 0) is 44.9 Å². The van der Waals surface area contributed by atoms with E-state index in [1.807, 2.05) is 0 Å². The predicted molar refractivity (Wildman–Crippen MR) is 247 cm³/mol. The molecule has 0 aromatic heterocycles. The van der Waals surface area contributed by atoms with Gasteiger partial charge in [0.05, 0.1) is 19.8 Å². The molecule has 0 amide bonds. The molecular weight excluding hydrogens is 746 g/mol.